The van der Waals surface area contributed by atoms with Crippen LogP contribution < -0.4 is 27.4 Å². The highest BCUT2D eigenvalue weighted by Crippen LogP contribution is 2.05. The number of rotatable bonds is 15. The van der Waals surface area contributed by atoms with Gasteiger partial charge in [-0.1, -0.05) is 0 Å². The van der Waals surface area contributed by atoms with Crippen molar-refractivity contribution in [3.63, 3.8) is 0 Å². The number of amides is 4. The maximum absolute atomic E-state index is 13.0. The molecule has 2 rings (SSSR count). The van der Waals surface area contributed by atoms with E-state index in [1.165, 1.54) is 25.0 Å². The Kier molecular flexibility index (Phi) is 10.2. The summed E-state index contributed by atoms with van der Waals surface area (Å²) in [6, 6.07) is -5.91. The first-order chi connectivity index (χ1) is 17.5. The first-order valence-corrected chi connectivity index (χ1v) is 10.8. The highest BCUT2D eigenvalue weighted by atomic mass is 16.4. The maximum atomic E-state index is 13.0. The summed E-state index contributed by atoms with van der Waals surface area (Å²) in [6.07, 6.45) is 3.66. The molecule has 0 aliphatic heterocycles. The molecule has 2 aromatic heterocycles. The fraction of sp³-hybridized carbons (Fsp3) is 0.400. The number of H-pyrrole nitrogens is 2. The predicted octanol–water partition coefficient (Wildman–Crippen LogP) is -3.87. The first-order valence-electron chi connectivity index (χ1n) is 10.8. The number of hydrogen-bond donors (Lipinski definition) is 9. The number of imidazole rings is 2. The van der Waals surface area contributed by atoms with Crippen LogP contribution in [0.4, 0.5) is 0 Å². The third-order valence-electron chi connectivity index (χ3n) is 4.97. The number of carboxylic acids is 2. The number of carbonyl (C=O) groups is 6. The zero-order valence-electron chi connectivity index (χ0n) is 19.3. The van der Waals surface area contributed by atoms with E-state index in [4.69, 9.17) is 11.5 Å². The SMILES string of the molecule is NC(=O)CC(N)C(=O)NC(CC(=O)O)C(=O)NC(Cc1cnc[nH]1)C(=O)NC(Cc1cnc[nH]1)C(=O)O. The van der Waals surface area contributed by atoms with Crippen molar-refractivity contribution >= 4 is 35.6 Å². The van der Waals surface area contributed by atoms with Gasteiger partial charge in [0.2, 0.25) is 23.6 Å². The monoisotopic (exact) mass is 521 g/mol. The number of aromatic amines is 2. The minimum Gasteiger partial charge on any atom is -0.481 e. The molecule has 200 valence electrons. The fourth-order valence-electron chi connectivity index (χ4n) is 3.16. The van der Waals surface area contributed by atoms with Gasteiger partial charge in [-0.25, -0.2) is 14.8 Å². The van der Waals surface area contributed by atoms with Gasteiger partial charge in [0.15, 0.2) is 0 Å². The molecule has 0 fully saturated rings. The lowest BCUT2D eigenvalue weighted by atomic mass is 10.1. The first kappa shape index (κ1) is 28.4. The van der Waals surface area contributed by atoms with E-state index in [1.54, 1.807) is 0 Å². The molecular weight excluding hydrogens is 494 g/mol. The molecule has 2 aromatic rings. The van der Waals surface area contributed by atoms with E-state index in [2.05, 4.69) is 35.9 Å². The average molecular weight is 521 g/mol. The third kappa shape index (κ3) is 9.40. The Morgan fingerprint density at radius 3 is 1.73 bits per heavy atom. The number of carbonyl (C=O) groups excluding carboxylic acids is 4. The smallest absolute Gasteiger partial charge is 0.326 e. The van der Waals surface area contributed by atoms with Crippen LogP contribution in [0.2, 0.25) is 0 Å². The van der Waals surface area contributed by atoms with Gasteiger partial charge in [0.1, 0.15) is 18.1 Å². The molecule has 11 N–H and O–H groups in total. The number of nitrogens with one attached hydrogen (secondary N) is 5. The second kappa shape index (κ2) is 13.3. The van der Waals surface area contributed by atoms with Crippen molar-refractivity contribution in [2.75, 3.05) is 0 Å². The highest BCUT2D eigenvalue weighted by Gasteiger charge is 2.32. The molecule has 17 nitrogen and oxygen atoms in total. The molecule has 4 unspecified atom stereocenters. The Morgan fingerprint density at radius 1 is 0.784 bits per heavy atom. The molecule has 37 heavy (non-hydrogen) atoms. The van der Waals surface area contributed by atoms with E-state index in [1.807, 2.05) is 0 Å². The quantitative estimate of drug-likeness (QED) is 0.109. The Balaban J connectivity index is 2.20. The number of nitrogens with zero attached hydrogens (tertiary/aromatic N) is 2. The van der Waals surface area contributed by atoms with Gasteiger partial charge >= 0.3 is 11.9 Å². The van der Waals surface area contributed by atoms with E-state index in [-0.39, 0.29) is 12.8 Å². The lowest BCUT2D eigenvalue weighted by molar-refractivity contribution is -0.143. The standard InChI is InChI=1S/C20H27N9O8/c21-11(3-15(22)30)17(33)27-13(4-16(31)32)19(35)28-12(1-9-5-23-7-25-9)18(34)29-14(20(36)37)2-10-6-24-8-26-10/h5-8,11-14H,1-4,21H2,(H2,22,30)(H,23,25)(H,24,26)(H,27,33)(H,28,35)(H,29,34)(H,31,32)(H,36,37). The molecule has 0 radical (unpaired) electrons. The van der Waals surface area contributed by atoms with Gasteiger partial charge in [-0.05, 0) is 0 Å². The molecule has 0 aliphatic carbocycles. The number of nitrogens with two attached hydrogens (primary N) is 2. The van der Waals surface area contributed by atoms with Crippen LogP contribution in [0.15, 0.2) is 25.0 Å². The normalized spacial score (nSPS) is 14.0. The Bertz CT molecular complexity index is 1100. The van der Waals surface area contributed by atoms with Crippen LogP contribution in [0.5, 0.6) is 0 Å². The molecule has 4 atom stereocenters. The predicted molar refractivity (Wildman–Crippen MR) is 122 cm³/mol. The minimum atomic E-state index is -1.68. The molecule has 0 aromatic carbocycles. The Hall–Kier alpha value is -4.80. The number of primary amides is 1. The molecule has 0 bridgehead atoms. The molecule has 0 saturated carbocycles. The van der Waals surface area contributed by atoms with Crippen LogP contribution in [0.1, 0.15) is 24.2 Å². The third-order valence-corrected chi connectivity index (χ3v) is 4.97. The minimum absolute atomic E-state index is 0.138. The summed E-state index contributed by atoms with van der Waals surface area (Å²) < 4.78 is 0. The number of carboxylic acid groups (broad SMARTS) is 2. The highest BCUT2D eigenvalue weighted by molar-refractivity contribution is 5.96. The van der Waals surface area contributed by atoms with Crippen LogP contribution >= 0.6 is 0 Å². The molecule has 0 aliphatic rings. The van der Waals surface area contributed by atoms with Crippen LogP contribution in [-0.4, -0.2) is 89.9 Å². The van der Waals surface area contributed by atoms with E-state index in [0.29, 0.717) is 11.4 Å². The Morgan fingerprint density at radius 2 is 1.27 bits per heavy atom. The van der Waals surface area contributed by atoms with Gasteiger partial charge in [0, 0.05) is 36.6 Å². The molecule has 17 heteroatoms. The van der Waals surface area contributed by atoms with Crippen molar-refractivity contribution in [2.24, 2.45) is 11.5 Å². The summed E-state index contributed by atoms with van der Waals surface area (Å²) in [6.45, 7) is 0. The number of aromatic nitrogens is 4. The molecule has 4 amide bonds. The van der Waals surface area contributed by atoms with Crippen molar-refractivity contribution in [2.45, 2.75) is 49.9 Å². The van der Waals surface area contributed by atoms with Crippen molar-refractivity contribution in [1.82, 2.24) is 35.9 Å². The van der Waals surface area contributed by atoms with Crippen LogP contribution in [-0.2, 0) is 41.6 Å². The summed E-state index contributed by atoms with van der Waals surface area (Å²) in [5.74, 6) is -6.68. The molecule has 0 spiro atoms. The zero-order valence-corrected chi connectivity index (χ0v) is 19.3. The molecule has 2 heterocycles. The van der Waals surface area contributed by atoms with E-state index in [9.17, 15) is 39.0 Å². The summed E-state index contributed by atoms with van der Waals surface area (Å²) >= 11 is 0. The maximum Gasteiger partial charge on any atom is 0.326 e. The second-order valence-corrected chi connectivity index (χ2v) is 7.96. The van der Waals surface area contributed by atoms with Gasteiger partial charge in [-0.15, -0.1) is 0 Å². The van der Waals surface area contributed by atoms with E-state index >= 15 is 0 Å². The summed E-state index contributed by atoms with van der Waals surface area (Å²) in [5, 5.41) is 25.5. The van der Waals surface area contributed by atoms with Crippen molar-refractivity contribution < 1.29 is 39.0 Å². The number of hydrogen-bond acceptors (Lipinski definition) is 9. The topological polar surface area (TPSA) is 288 Å². The van der Waals surface area contributed by atoms with Gasteiger partial charge in [0.05, 0.1) is 31.5 Å². The van der Waals surface area contributed by atoms with Crippen molar-refractivity contribution in [3.8, 4) is 0 Å². The lowest BCUT2D eigenvalue weighted by Crippen LogP contribution is -2.58. The van der Waals surface area contributed by atoms with Gasteiger partial charge < -0.3 is 47.6 Å². The van der Waals surface area contributed by atoms with Crippen LogP contribution in [0.25, 0.3) is 0 Å². The molecular formula is C20H27N9O8. The van der Waals surface area contributed by atoms with Gasteiger partial charge in [0.25, 0.3) is 0 Å². The summed E-state index contributed by atoms with van der Waals surface area (Å²) in [4.78, 5) is 85.2. The zero-order chi connectivity index (χ0) is 27.5. The van der Waals surface area contributed by atoms with E-state index in [0.717, 1.165) is 0 Å². The number of aliphatic carboxylic acids is 2. The summed E-state index contributed by atoms with van der Waals surface area (Å²) in [5.41, 5.74) is 11.4. The van der Waals surface area contributed by atoms with Crippen molar-refractivity contribution in [1.29, 1.82) is 0 Å². The molecule has 0 saturated heterocycles. The fourth-order valence-corrected chi connectivity index (χ4v) is 3.16. The van der Waals surface area contributed by atoms with Crippen molar-refractivity contribution in [3.05, 3.63) is 36.4 Å². The van der Waals surface area contributed by atoms with Crippen LogP contribution in [0.3, 0.4) is 0 Å². The van der Waals surface area contributed by atoms with Gasteiger partial charge in [-0.3, -0.25) is 24.0 Å². The average Bonchev–Trinajstić information content (AvgIpc) is 3.51. The largest absolute Gasteiger partial charge is 0.481 e. The lowest BCUT2D eigenvalue weighted by Gasteiger charge is -2.24. The Labute approximate surface area is 208 Å². The van der Waals surface area contributed by atoms with Crippen LogP contribution in [0, 0.1) is 0 Å². The second-order valence-electron chi connectivity index (χ2n) is 7.96. The van der Waals surface area contributed by atoms with Gasteiger partial charge in [-0.2, -0.15) is 0 Å². The van der Waals surface area contributed by atoms with E-state index < -0.39 is 72.6 Å². The summed E-state index contributed by atoms with van der Waals surface area (Å²) in [7, 11) is 0.